The molecule has 1 aromatic heterocycles. The van der Waals surface area contributed by atoms with Crippen LogP contribution in [0, 0.1) is 0 Å². The fourth-order valence-corrected chi connectivity index (χ4v) is 2.11. The van der Waals surface area contributed by atoms with Gasteiger partial charge in [-0.2, -0.15) is 0 Å². The quantitative estimate of drug-likeness (QED) is 0.388. The van der Waals surface area contributed by atoms with E-state index in [9.17, 15) is 19.2 Å². The molecule has 0 saturated carbocycles. The van der Waals surface area contributed by atoms with E-state index in [1.165, 1.54) is 29.8 Å². The van der Waals surface area contributed by atoms with Gasteiger partial charge < -0.3 is 14.0 Å². The fourth-order valence-electron chi connectivity index (χ4n) is 2.11. The van der Waals surface area contributed by atoms with Crippen molar-refractivity contribution in [1.82, 2.24) is 9.47 Å². The Morgan fingerprint density at radius 2 is 1.73 bits per heavy atom. The van der Waals surface area contributed by atoms with E-state index >= 15 is 0 Å². The minimum absolute atomic E-state index is 0.0316. The molecule has 2 bridgehead atoms. The standard InChI is InChI=1S/C8H9NO5.C8H9NO3/c1-12-7(10)4-9-6-3-2-5(8(9)11)13-14-6;1-12-8(11)6-9-5-3-2-4-7(9)10/h2-3,5-6H,4H2,1H3;2-5H,6H2,1H3. The number of methoxy groups -OCH3 is 2. The van der Waals surface area contributed by atoms with Gasteiger partial charge in [0.1, 0.15) is 13.1 Å². The average molecular weight is 366 g/mol. The van der Waals surface area contributed by atoms with Crippen LogP contribution in [0.5, 0.6) is 0 Å². The number of esters is 2. The summed E-state index contributed by atoms with van der Waals surface area (Å²) in [5, 5.41) is 0. The molecule has 1 fully saturated rings. The Balaban J connectivity index is 0.000000190. The van der Waals surface area contributed by atoms with Crippen LogP contribution < -0.4 is 5.56 Å². The largest absolute Gasteiger partial charge is 0.468 e. The Labute approximate surface area is 148 Å². The highest BCUT2D eigenvalue weighted by atomic mass is 17.2. The van der Waals surface area contributed by atoms with Crippen molar-refractivity contribution < 1.29 is 33.6 Å². The van der Waals surface area contributed by atoms with E-state index in [-0.39, 0.29) is 24.6 Å². The van der Waals surface area contributed by atoms with Crippen LogP contribution in [0.25, 0.3) is 0 Å². The van der Waals surface area contributed by atoms with E-state index in [4.69, 9.17) is 9.78 Å². The van der Waals surface area contributed by atoms with E-state index in [1.54, 1.807) is 30.5 Å². The Morgan fingerprint density at radius 3 is 2.27 bits per heavy atom. The summed E-state index contributed by atoms with van der Waals surface area (Å²) in [5.41, 5.74) is -0.206. The number of rotatable bonds is 4. The van der Waals surface area contributed by atoms with Crippen molar-refractivity contribution in [2.75, 3.05) is 20.8 Å². The second-order valence-corrected chi connectivity index (χ2v) is 5.17. The van der Waals surface area contributed by atoms with Gasteiger partial charge in [-0.3, -0.25) is 24.1 Å². The average Bonchev–Trinajstić information content (AvgIpc) is 2.67. The first-order valence-corrected chi connectivity index (χ1v) is 7.56. The molecule has 2 unspecified atom stereocenters. The molecule has 4 heterocycles. The van der Waals surface area contributed by atoms with Gasteiger partial charge in [0.2, 0.25) is 0 Å². The predicted molar refractivity (Wildman–Crippen MR) is 85.3 cm³/mol. The summed E-state index contributed by atoms with van der Waals surface area (Å²) in [5.74, 6) is -1.19. The highest BCUT2D eigenvalue weighted by Crippen LogP contribution is 2.22. The van der Waals surface area contributed by atoms with Crippen LogP contribution in [0.4, 0.5) is 0 Å². The maximum Gasteiger partial charge on any atom is 0.325 e. The number of fused-ring (bicyclic) bond motifs is 2. The van der Waals surface area contributed by atoms with Gasteiger partial charge in [-0.05, 0) is 18.2 Å². The lowest BCUT2D eigenvalue weighted by Crippen LogP contribution is -2.56. The van der Waals surface area contributed by atoms with Gasteiger partial charge in [0, 0.05) is 12.3 Å². The van der Waals surface area contributed by atoms with Gasteiger partial charge in [0.05, 0.1) is 14.2 Å². The zero-order valence-corrected chi connectivity index (χ0v) is 14.2. The Hall–Kier alpha value is -2.98. The van der Waals surface area contributed by atoms with Crippen LogP contribution in [-0.4, -0.2) is 60.4 Å². The molecule has 10 heteroatoms. The van der Waals surface area contributed by atoms with Crippen LogP contribution in [0.1, 0.15) is 0 Å². The number of aromatic nitrogens is 1. The third kappa shape index (κ3) is 4.77. The summed E-state index contributed by atoms with van der Waals surface area (Å²) in [4.78, 5) is 55.0. The number of pyridine rings is 1. The Kier molecular flexibility index (Phi) is 6.64. The first-order valence-electron chi connectivity index (χ1n) is 7.56. The van der Waals surface area contributed by atoms with Crippen LogP contribution in [0.2, 0.25) is 0 Å². The van der Waals surface area contributed by atoms with Crippen molar-refractivity contribution in [2.24, 2.45) is 0 Å². The molecule has 0 radical (unpaired) electrons. The number of nitrogens with zero attached hydrogens (tertiary/aromatic N) is 2. The number of ether oxygens (including phenoxy) is 2. The van der Waals surface area contributed by atoms with Crippen molar-refractivity contribution in [2.45, 2.75) is 18.9 Å². The summed E-state index contributed by atoms with van der Waals surface area (Å²) >= 11 is 0. The van der Waals surface area contributed by atoms with Gasteiger partial charge in [-0.15, -0.1) is 0 Å². The lowest BCUT2D eigenvalue weighted by molar-refractivity contribution is -0.374. The molecule has 0 spiro atoms. The van der Waals surface area contributed by atoms with Crippen molar-refractivity contribution in [3.05, 3.63) is 46.9 Å². The van der Waals surface area contributed by atoms with E-state index in [1.807, 2.05) is 0 Å². The molecular formula is C16H18N2O8. The van der Waals surface area contributed by atoms with Gasteiger partial charge in [0.25, 0.3) is 11.5 Å². The molecule has 0 aromatic carbocycles. The molecule has 1 amide bonds. The summed E-state index contributed by atoms with van der Waals surface area (Å²) in [6, 6.07) is 4.70. The minimum atomic E-state index is -0.732. The van der Waals surface area contributed by atoms with Crippen LogP contribution in [-0.2, 0) is 40.2 Å². The third-order valence-electron chi connectivity index (χ3n) is 3.50. The van der Waals surface area contributed by atoms with Gasteiger partial charge >= 0.3 is 11.9 Å². The summed E-state index contributed by atoms with van der Waals surface area (Å²) in [7, 11) is 2.55. The van der Waals surface area contributed by atoms with Crippen molar-refractivity contribution in [1.29, 1.82) is 0 Å². The van der Waals surface area contributed by atoms with E-state index in [0.717, 1.165) is 0 Å². The lowest BCUT2D eigenvalue weighted by atomic mass is 10.1. The Bertz CT molecular complexity index is 757. The molecule has 3 aliphatic heterocycles. The summed E-state index contributed by atoms with van der Waals surface area (Å²) < 4.78 is 10.1. The maximum atomic E-state index is 11.5. The van der Waals surface area contributed by atoms with E-state index in [2.05, 4.69) is 9.47 Å². The number of hydrogen-bond donors (Lipinski definition) is 0. The van der Waals surface area contributed by atoms with Gasteiger partial charge in [-0.1, -0.05) is 6.07 Å². The molecule has 0 N–H and O–H groups in total. The topological polar surface area (TPSA) is 113 Å². The van der Waals surface area contributed by atoms with Crippen molar-refractivity contribution >= 4 is 17.8 Å². The van der Waals surface area contributed by atoms with Crippen molar-refractivity contribution in [3.8, 4) is 0 Å². The Morgan fingerprint density at radius 1 is 1.04 bits per heavy atom. The fraction of sp³-hybridized carbons (Fsp3) is 0.375. The molecule has 140 valence electrons. The number of hydrogen-bond acceptors (Lipinski definition) is 8. The second-order valence-electron chi connectivity index (χ2n) is 5.17. The smallest absolute Gasteiger partial charge is 0.325 e. The lowest BCUT2D eigenvalue weighted by Gasteiger charge is -2.38. The summed E-state index contributed by atoms with van der Waals surface area (Å²) in [6.07, 6.45) is 3.46. The molecule has 1 aromatic rings. The molecule has 3 aliphatic rings. The number of carbonyl (C=O) groups excluding carboxylic acids is 3. The number of carbonyl (C=O) groups is 3. The molecule has 10 nitrogen and oxygen atoms in total. The van der Waals surface area contributed by atoms with Gasteiger partial charge in [-0.25, -0.2) is 9.78 Å². The molecule has 0 aliphatic carbocycles. The zero-order valence-electron chi connectivity index (χ0n) is 14.2. The summed E-state index contributed by atoms with van der Waals surface area (Å²) in [6.45, 7) is -0.152. The molecule has 1 saturated heterocycles. The molecule has 26 heavy (non-hydrogen) atoms. The first-order chi connectivity index (χ1) is 12.5. The molecular weight excluding hydrogens is 348 g/mol. The van der Waals surface area contributed by atoms with Crippen molar-refractivity contribution in [3.63, 3.8) is 0 Å². The first kappa shape index (κ1) is 19.3. The van der Waals surface area contributed by atoms with E-state index < -0.39 is 24.3 Å². The van der Waals surface area contributed by atoms with Crippen LogP contribution in [0.15, 0.2) is 41.3 Å². The van der Waals surface area contributed by atoms with Gasteiger partial charge in [0.15, 0.2) is 12.3 Å². The second kappa shape index (κ2) is 8.92. The SMILES string of the molecule is COC(=O)CN1C(=O)C2C=CC1OO2.COC(=O)Cn1ccccc1=O. The highest BCUT2D eigenvalue weighted by Gasteiger charge is 2.40. The maximum absolute atomic E-state index is 11.5. The normalized spacial score (nSPS) is 20.2. The monoisotopic (exact) mass is 366 g/mol. The van der Waals surface area contributed by atoms with Crippen LogP contribution >= 0.6 is 0 Å². The molecule has 2 atom stereocenters. The zero-order chi connectivity index (χ0) is 19.1. The highest BCUT2D eigenvalue weighted by molar-refractivity contribution is 5.88. The van der Waals surface area contributed by atoms with E-state index in [0.29, 0.717) is 0 Å². The predicted octanol–water partition coefficient (Wildman–Crippen LogP) is -0.764. The molecule has 4 rings (SSSR count). The number of amides is 1. The van der Waals surface area contributed by atoms with Crippen LogP contribution in [0.3, 0.4) is 0 Å². The minimum Gasteiger partial charge on any atom is -0.468 e. The third-order valence-corrected chi connectivity index (χ3v) is 3.50.